The van der Waals surface area contributed by atoms with Crippen molar-refractivity contribution in [3.63, 3.8) is 0 Å². The molecule has 1 aliphatic rings. The summed E-state index contributed by atoms with van der Waals surface area (Å²) in [5.74, 6) is -0.123. The molecule has 0 unspecified atom stereocenters. The van der Waals surface area contributed by atoms with Gasteiger partial charge in [-0.25, -0.2) is 0 Å². The monoisotopic (exact) mass is 296 g/mol. The van der Waals surface area contributed by atoms with Gasteiger partial charge >= 0.3 is 0 Å². The summed E-state index contributed by atoms with van der Waals surface area (Å²) < 4.78 is 5.24. The SMILES string of the molecule is O=C(c1ccc(C(=O)N2CCOCC2)cc1)c1cccnc1. The van der Waals surface area contributed by atoms with E-state index >= 15 is 0 Å². The molecule has 3 rings (SSSR count). The van der Waals surface area contributed by atoms with Crippen LogP contribution in [0.2, 0.25) is 0 Å². The number of carbonyl (C=O) groups excluding carboxylic acids is 2. The molecule has 5 nitrogen and oxygen atoms in total. The first kappa shape index (κ1) is 14.4. The Morgan fingerprint density at radius 1 is 0.955 bits per heavy atom. The van der Waals surface area contributed by atoms with E-state index in [1.807, 2.05) is 0 Å². The molecule has 0 aliphatic carbocycles. The number of rotatable bonds is 3. The van der Waals surface area contributed by atoms with Gasteiger partial charge in [-0.2, -0.15) is 0 Å². The summed E-state index contributed by atoms with van der Waals surface area (Å²) >= 11 is 0. The van der Waals surface area contributed by atoms with E-state index in [2.05, 4.69) is 4.98 Å². The van der Waals surface area contributed by atoms with Crippen LogP contribution in [0, 0.1) is 0 Å². The molecule has 1 aromatic carbocycles. The lowest BCUT2D eigenvalue weighted by Crippen LogP contribution is -2.40. The van der Waals surface area contributed by atoms with E-state index in [0.717, 1.165) is 0 Å². The van der Waals surface area contributed by atoms with Gasteiger partial charge in [-0.1, -0.05) is 12.1 Å². The maximum atomic E-state index is 12.3. The Hall–Kier alpha value is -2.53. The van der Waals surface area contributed by atoms with Gasteiger partial charge in [0.2, 0.25) is 0 Å². The van der Waals surface area contributed by atoms with Crippen molar-refractivity contribution in [2.24, 2.45) is 0 Å². The Labute approximate surface area is 128 Å². The van der Waals surface area contributed by atoms with E-state index in [1.165, 1.54) is 6.20 Å². The van der Waals surface area contributed by atoms with Crippen LogP contribution in [0.3, 0.4) is 0 Å². The van der Waals surface area contributed by atoms with Crippen LogP contribution in [0.1, 0.15) is 26.3 Å². The zero-order valence-corrected chi connectivity index (χ0v) is 12.1. The quantitative estimate of drug-likeness (QED) is 0.810. The number of ketones is 1. The van der Waals surface area contributed by atoms with Crippen LogP contribution in [-0.2, 0) is 4.74 Å². The predicted molar refractivity (Wildman–Crippen MR) is 80.8 cm³/mol. The highest BCUT2D eigenvalue weighted by Crippen LogP contribution is 2.12. The second-order valence-electron chi connectivity index (χ2n) is 5.05. The van der Waals surface area contributed by atoms with Gasteiger partial charge in [0.25, 0.3) is 5.91 Å². The van der Waals surface area contributed by atoms with Crippen LogP contribution >= 0.6 is 0 Å². The minimum atomic E-state index is -0.0986. The molecule has 22 heavy (non-hydrogen) atoms. The molecule has 0 radical (unpaired) electrons. The molecule has 0 saturated carbocycles. The zero-order chi connectivity index (χ0) is 15.4. The fraction of sp³-hybridized carbons (Fsp3) is 0.235. The lowest BCUT2D eigenvalue weighted by atomic mass is 10.0. The number of pyridine rings is 1. The maximum Gasteiger partial charge on any atom is 0.254 e. The Kier molecular flexibility index (Phi) is 4.25. The van der Waals surface area contributed by atoms with Crippen LogP contribution in [0.5, 0.6) is 0 Å². The lowest BCUT2D eigenvalue weighted by molar-refractivity contribution is 0.0303. The molecular formula is C17H16N2O3. The van der Waals surface area contributed by atoms with Gasteiger partial charge in [0.15, 0.2) is 5.78 Å². The Bertz CT molecular complexity index is 662. The molecule has 1 saturated heterocycles. The summed E-state index contributed by atoms with van der Waals surface area (Å²) in [5, 5.41) is 0. The highest BCUT2D eigenvalue weighted by molar-refractivity contribution is 6.09. The molecule has 1 aromatic heterocycles. The van der Waals surface area contributed by atoms with Crippen molar-refractivity contribution in [1.29, 1.82) is 0 Å². The number of nitrogens with zero attached hydrogens (tertiary/aromatic N) is 2. The molecule has 1 amide bonds. The highest BCUT2D eigenvalue weighted by Gasteiger charge is 2.18. The summed E-state index contributed by atoms with van der Waals surface area (Å²) in [5.41, 5.74) is 1.67. The smallest absolute Gasteiger partial charge is 0.254 e. The van der Waals surface area contributed by atoms with Crippen LogP contribution in [-0.4, -0.2) is 47.9 Å². The first-order valence-electron chi connectivity index (χ1n) is 7.17. The fourth-order valence-electron chi connectivity index (χ4n) is 2.38. The van der Waals surface area contributed by atoms with Crippen molar-refractivity contribution in [1.82, 2.24) is 9.88 Å². The van der Waals surface area contributed by atoms with Crippen molar-refractivity contribution in [3.05, 3.63) is 65.5 Å². The van der Waals surface area contributed by atoms with Gasteiger partial charge in [0.05, 0.1) is 13.2 Å². The Balaban J connectivity index is 1.75. The maximum absolute atomic E-state index is 12.3. The van der Waals surface area contributed by atoms with Crippen LogP contribution in [0.15, 0.2) is 48.8 Å². The summed E-state index contributed by atoms with van der Waals surface area (Å²) in [7, 11) is 0. The first-order chi connectivity index (χ1) is 10.8. The van der Waals surface area contributed by atoms with Crippen LogP contribution < -0.4 is 0 Å². The number of morpholine rings is 1. The molecule has 2 aromatic rings. The lowest BCUT2D eigenvalue weighted by Gasteiger charge is -2.26. The van der Waals surface area contributed by atoms with Gasteiger partial charge < -0.3 is 9.64 Å². The minimum Gasteiger partial charge on any atom is -0.378 e. The van der Waals surface area contributed by atoms with E-state index in [4.69, 9.17) is 4.74 Å². The van der Waals surface area contributed by atoms with E-state index in [9.17, 15) is 9.59 Å². The fourth-order valence-corrected chi connectivity index (χ4v) is 2.38. The van der Waals surface area contributed by atoms with E-state index < -0.39 is 0 Å². The third-order valence-corrected chi connectivity index (χ3v) is 3.62. The molecule has 1 fully saturated rings. The average Bonchev–Trinajstić information content (AvgIpc) is 2.62. The molecule has 2 heterocycles. The van der Waals surface area contributed by atoms with Crippen molar-refractivity contribution in [3.8, 4) is 0 Å². The van der Waals surface area contributed by atoms with Gasteiger partial charge in [-0.3, -0.25) is 14.6 Å². The molecule has 112 valence electrons. The summed E-state index contributed by atoms with van der Waals surface area (Å²) in [6, 6.07) is 10.2. The second kappa shape index (κ2) is 6.49. The third kappa shape index (κ3) is 3.04. The second-order valence-corrected chi connectivity index (χ2v) is 5.05. The summed E-state index contributed by atoms with van der Waals surface area (Å²) in [6.45, 7) is 2.36. The van der Waals surface area contributed by atoms with Gasteiger partial charge in [-0.15, -0.1) is 0 Å². The molecular weight excluding hydrogens is 280 g/mol. The zero-order valence-electron chi connectivity index (χ0n) is 12.1. The van der Waals surface area contributed by atoms with E-state index in [1.54, 1.807) is 47.5 Å². The molecule has 0 bridgehead atoms. The Morgan fingerprint density at radius 3 is 2.27 bits per heavy atom. The van der Waals surface area contributed by atoms with Gasteiger partial charge in [0, 0.05) is 42.2 Å². The summed E-state index contributed by atoms with van der Waals surface area (Å²) in [6.07, 6.45) is 3.16. The molecule has 0 atom stereocenters. The number of hydrogen-bond donors (Lipinski definition) is 0. The van der Waals surface area contributed by atoms with Gasteiger partial charge in [-0.05, 0) is 24.3 Å². The van der Waals surface area contributed by atoms with Crippen molar-refractivity contribution in [2.45, 2.75) is 0 Å². The number of amides is 1. The molecule has 0 N–H and O–H groups in total. The average molecular weight is 296 g/mol. The van der Waals surface area contributed by atoms with Gasteiger partial charge in [0.1, 0.15) is 0 Å². The van der Waals surface area contributed by atoms with E-state index in [-0.39, 0.29) is 11.7 Å². The van der Waals surface area contributed by atoms with Crippen molar-refractivity contribution >= 4 is 11.7 Å². The standard InChI is InChI=1S/C17H16N2O3/c20-16(15-2-1-7-18-12-15)13-3-5-14(6-4-13)17(21)19-8-10-22-11-9-19/h1-7,12H,8-11H2. The normalized spacial score (nSPS) is 14.6. The number of ether oxygens (including phenoxy) is 1. The largest absolute Gasteiger partial charge is 0.378 e. The molecule has 5 heteroatoms. The summed E-state index contributed by atoms with van der Waals surface area (Å²) in [4.78, 5) is 30.3. The minimum absolute atomic E-state index is 0.0244. The number of hydrogen-bond acceptors (Lipinski definition) is 4. The first-order valence-corrected chi connectivity index (χ1v) is 7.17. The molecule has 1 aliphatic heterocycles. The molecule has 0 spiro atoms. The predicted octanol–water partition coefficient (Wildman–Crippen LogP) is 1.79. The number of carbonyl (C=O) groups is 2. The third-order valence-electron chi connectivity index (χ3n) is 3.62. The van der Waals surface area contributed by atoms with Crippen LogP contribution in [0.25, 0.3) is 0 Å². The van der Waals surface area contributed by atoms with Crippen LogP contribution in [0.4, 0.5) is 0 Å². The number of aromatic nitrogens is 1. The topological polar surface area (TPSA) is 59.5 Å². The van der Waals surface area contributed by atoms with E-state index in [0.29, 0.717) is 43.0 Å². The number of benzene rings is 1. The van der Waals surface area contributed by atoms with Crippen molar-refractivity contribution in [2.75, 3.05) is 26.3 Å². The van der Waals surface area contributed by atoms with Crippen molar-refractivity contribution < 1.29 is 14.3 Å². The highest BCUT2D eigenvalue weighted by atomic mass is 16.5. The Morgan fingerprint density at radius 2 is 1.64 bits per heavy atom.